The smallest absolute Gasteiger partial charge is 0.303 e. The molecule has 2 bridgehead atoms. The van der Waals surface area contributed by atoms with Gasteiger partial charge >= 0.3 is 5.97 Å². The van der Waals surface area contributed by atoms with Crippen LogP contribution >= 0.6 is 0 Å². The van der Waals surface area contributed by atoms with Crippen LogP contribution in [-0.2, 0) is 25.0 Å². The molecular formula is C25H27F2NO5S. The van der Waals surface area contributed by atoms with Gasteiger partial charge in [0, 0.05) is 11.8 Å². The number of nitrogens with one attached hydrogen (secondary N) is 1. The Balaban J connectivity index is 1.60. The second-order valence-electron chi connectivity index (χ2n) is 8.92. The van der Waals surface area contributed by atoms with Crippen molar-refractivity contribution in [1.29, 1.82) is 0 Å². The van der Waals surface area contributed by atoms with Crippen LogP contribution in [0.2, 0.25) is 0 Å². The third-order valence-electron chi connectivity index (χ3n) is 6.80. The monoisotopic (exact) mass is 491 g/mol. The molecule has 2 aromatic rings. The number of halogens is 2. The van der Waals surface area contributed by atoms with E-state index >= 15 is 0 Å². The van der Waals surface area contributed by atoms with E-state index in [-0.39, 0.29) is 29.2 Å². The summed E-state index contributed by atoms with van der Waals surface area (Å²) in [6.45, 7) is 0.355. The number of carboxylic acid groups (broad SMARTS) is 1. The van der Waals surface area contributed by atoms with Crippen molar-refractivity contribution >= 4 is 16.0 Å². The normalized spacial score (nSPS) is 26.4. The molecule has 2 N–H and O–H groups in total. The van der Waals surface area contributed by atoms with Crippen molar-refractivity contribution in [3.63, 3.8) is 0 Å². The average Bonchev–Trinajstić information content (AvgIpc) is 3.35. The summed E-state index contributed by atoms with van der Waals surface area (Å²) in [5.74, 6) is -1.95. The van der Waals surface area contributed by atoms with E-state index in [2.05, 4.69) is 4.72 Å². The summed E-state index contributed by atoms with van der Waals surface area (Å²) in [6.07, 6.45) is 5.70. The van der Waals surface area contributed by atoms with Gasteiger partial charge in [-0.25, -0.2) is 21.9 Å². The van der Waals surface area contributed by atoms with Crippen LogP contribution in [0.5, 0.6) is 0 Å². The number of unbranched alkanes of at least 4 members (excludes halogenated alkanes) is 1. The highest BCUT2D eigenvalue weighted by Gasteiger charge is 2.60. The lowest BCUT2D eigenvalue weighted by atomic mass is 9.71. The first-order valence-corrected chi connectivity index (χ1v) is 12.7. The summed E-state index contributed by atoms with van der Waals surface area (Å²) in [6, 6.07) is 10.4. The van der Waals surface area contributed by atoms with Crippen molar-refractivity contribution in [2.45, 2.75) is 54.6 Å². The third-order valence-corrected chi connectivity index (χ3v) is 8.27. The van der Waals surface area contributed by atoms with Gasteiger partial charge < -0.3 is 9.84 Å². The molecule has 2 fully saturated rings. The molecule has 0 radical (unpaired) electrons. The molecule has 34 heavy (non-hydrogen) atoms. The Morgan fingerprint density at radius 2 is 1.91 bits per heavy atom. The van der Waals surface area contributed by atoms with Gasteiger partial charge in [0.15, 0.2) is 0 Å². The summed E-state index contributed by atoms with van der Waals surface area (Å²) in [5.41, 5.74) is 0.205. The lowest BCUT2D eigenvalue weighted by molar-refractivity contribution is -0.137. The summed E-state index contributed by atoms with van der Waals surface area (Å²) in [4.78, 5) is 10.7. The van der Waals surface area contributed by atoms with Crippen LogP contribution in [0.15, 0.2) is 65.6 Å². The van der Waals surface area contributed by atoms with E-state index in [9.17, 15) is 22.0 Å². The summed E-state index contributed by atoms with van der Waals surface area (Å²) in [5, 5.41) is 8.79. The maximum atomic E-state index is 14.1. The zero-order valence-electron chi connectivity index (χ0n) is 18.5. The van der Waals surface area contributed by atoms with Crippen LogP contribution in [0.25, 0.3) is 0 Å². The van der Waals surface area contributed by atoms with E-state index in [1.807, 2.05) is 18.2 Å². The minimum absolute atomic E-state index is 0.0422. The quantitative estimate of drug-likeness (QED) is 0.385. The molecule has 1 heterocycles. The highest BCUT2D eigenvalue weighted by molar-refractivity contribution is 7.89. The van der Waals surface area contributed by atoms with E-state index in [4.69, 9.17) is 9.84 Å². The van der Waals surface area contributed by atoms with E-state index < -0.39 is 33.3 Å². The molecule has 4 rings (SSSR count). The number of hydrogen-bond donors (Lipinski definition) is 2. The van der Waals surface area contributed by atoms with Gasteiger partial charge in [-0.3, -0.25) is 4.79 Å². The average molecular weight is 492 g/mol. The zero-order chi connectivity index (χ0) is 24.3. The summed E-state index contributed by atoms with van der Waals surface area (Å²) >= 11 is 0. The fourth-order valence-electron chi connectivity index (χ4n) is 5.16. The van der Waals surface area contributed by atoms with Crippen molar-refractivity contribution in [3.8, 4) is 0 Å². The first-order chi connectivity index (χ1) is 16.2. The SMILES string of the molecule is O=C(O)CCC/C=C/C[C@H]1[C@H](NS(=O)(=O)c2ccc(F)cc2)C2CC1(c1cccc(F)c1)CO2. The van der Waals surface area contributed by atoms with Gasteiger partial charge in [-0.1, -0.05) is 24.3 Å². The predicted molar refractivity (Wildman–Crippen MR) is 122 cm³/mol. The molecule has 0 aromatic heterocycles. The minimum atomic E-state index is -3.94. The predicted octanol–water partition coefficient (Wildman–Crippen LogP) is 4.17. The van der Waals surface area contributed by atoms with Gasteiger partial charge in [0.2, 0.25) is 10.0 Å². The summed E-state index contributed by atoms with van der Waals surface area (Å²) in [7, 11) is -3.94. The van der Waals surface area contributed by atoms with E-state index in [0.717, 1.165) is 17.7 Å². The van der Waals surface area contributed by atoms with Crippen LogP contribution in [0, 0.1) is 17.6 Å². The molecule has 182 valence electrons. The molecule has 6 nitrogen and oxygen atoms in total. The third kappa shape index (κ3) is 5.06. The first kappa shape index (κ1) is 24.5. The molecule has 0 amide bonds. The van der Waals surface area contributed by atoms with E-state index in [1.165, 1.54) is 24.3 Å². The van der Waals surface area contributed by atoms with E-state index in [0.29, 0.717) is 32.3 Å². The molecule has 1 aliphatic heterocycles. The van der Waals surface area contributed by atoms with Gasteiger partial charge in [-0.15, -0.1) is 0 Å². The highest BCUT2D eigenvalue weighted by atomic mass is 32.2. The van der Waals surface area contributed by atoms with Gasteiger partial charge in [-0.2, -0.15) is 0 Å². The molecule has 2 aliphatic rings. The Morgan fingerprint density at radius 3 is 2.62 bits per heavy atom. The van der Waals surface area contributed by atoms with Crippen molar-refractivity contribution < 1.29 is 31.8 Å². The standard InChI is InChI=1S/C25H27F2NO5S/c26-18-10-12-20(13-11-18)34(31,32)28-24-21(8-3-1-2-4-9-23(29)30)25(15-22(24)33-16-25)17-6-5-7-19(27)14-17/h1,3,5-7,10-14,21-22,24,28H,2,4,8-9,15-16H2,(H,29,30)/b3-1+/t21-,22?,24-,25?/m0/s1. The number of aliphatic carboxylic acids is 1. The van der Waals surface area contributed by atoms with Crippen LogP contribution in [0.1, 0.15) is 37.7 Å². The Hall–Kier alpha value is -2.62. The van der Waals surface area contributed by atoms with Crippen molar-refractivity contribution in [3.05, 3.63) is 77.9 Å². The molecule has 2 unspecified atom stereocenters. The maximum absolute atomic E-state index is 14.1. The Labute approximate surface area is 197 Å². The maximum Gasteiger partial charge on any atom is 0.303 e. The van der Waals surface area contributed by atoms with Crippen molar-refractivity contribution in [1.82, 2.24) is 4.72 Å². The topological polar surface area (TPSA) is 92.7 Å². The largest absolute Gasteiger partial charge is 0.481 e. The number of ether oxygens (including phenoxy) is 1. The molecule has 9 heteroatoms. The number of fused-ring (bicyclic) bond motifs is 2. The molecule has 1 saturated heterocycles. The lowest BCUT2D eigenvalue weighted by Crippen LogP contribution is -2.51. The Kier molecular flexibility index (Phi) is 7.16. The molecule has 2 aromatic carbocycles. The number of carboxylic acids is 1. The number of carbonyl (C=O) groups is 1. The van der Waals surface area contributed by atoms with Crippen LogP contribution in [-0.4, -0.2) is 38.2 Å². The fraction of sp³-hybridized carbons (Fsp3) is 0.400. The molecular weight excluding hydrogens is 464 g/mol. The van der Waals surface area contributed by atoms with Gasteiger partial charge in [0.1, 0.15) is 11.6 Å². The van der Waals surface area contributed by atoms with Gasteiger partial charge in [0.05, 0.1) is 23.6 Å². The molecule has 1 saturated carbocycles. The number of sulfonamides is 1. The van der Waals surface area contributed by atoms with Crippen molar-refractivity contribution in [2.24, 2.45) is 5.92 Å². The Bertz CT molecular complexity index is 1170. The molecule has 4 atom stereocenters. The number of rotatable bonds is 10. The van der Waals surface area contributed by atoms with Gasteiger partial charge in [-0.05, 0) is 73.6 Å². The number of benzene rings is 2. The van der Waals surface area contributed by atoms with Crippen LogP contribution in [0.3, 0.4) is 0 Å². The molecule has 0 spiro atoms. The molecule has 1 aliphatic carbocycles. The highest BCUT2D eigenvalue weighted by Crippen LogP contribution is 2.54. The number of allylic oxidation sites excluding steroid dienone is 2. The second kappa shape index (κ2) is 9.93. The van der Waals surface area contributed by atoms with Gasteiger partial charge in [0.25, 0.3) is 0 Å². The zero-order valence-corrected chi connectivity index (χ0v) is 19.3. The van der Waals surface area contributed by atoms with E-state index in [1.54, 1.807) is 6.07 Å². The summed E-state index contributed by atoms with van der Waals surface area (Å²) < 4.78 is 62.3. The van der Waals surface area contributed by atoms with Crippen LogP contribution in [0.4, 0.5) is 8.78 Å². The second-order valence-corrected chi connectivity index (χ2v) is 10.6. The first-order valence-electron chi connectivity index (χ1n) is 11.2. The van der Waals surface area contributed by atoms with Crippen LogP contribution < -0.4 is 4.72 Å². The fourth-order valence-corrected chi connectivity index (χ4v) is 6.47. The lowest BCUT2D eigenvalue weighted by Gasteiger charge is -2.39. The number of hydrogen-bond acceptors (Lipinski definition) is 4. The minimum Gasteiger partial charge on any atom is -0.481 e. The Morgan fingerprint density at radius 1 is 1.15 bits per heavy atom. The van der Waals surface area contributed by atoms with Crippen molar-refractivity contribution in [2.75, 3.05) is 6.61 Å².